The lowest BCUT2D eigenvalue weighted by molar-refractivity contribution is 0.268. The van der Waals surface area contributed by atoms with Gasteiger partial charge in [-0.2, -0.15) is 0 Å². The van der Waals surface area contributed by atoms with Crippen LogP contribution in [0.3, 0.4) is 0 Å². The molecule has 1 atom stereocenters. The van der Waals surface area contributed by atoms with Gasteiger partial charge in [0.1, 0.15) is 0 Å². The third kappa shape index (κ3) is 2.32. The summed E-state index contributed by atoms with van der Waals surface area (Å²) in [5, 5.41) is 3.57. The first-order chi connectivity index (χ1) is 13.4. The normalized spacial score (nSPS) is 24.1. The smallest absolute Gasteiger partial charge is 0.0957 e. The average molecular weight is 372 g/mol. The summed E-state index contributed by atoms with van der Waals surface area (Å²) in [6.07, 6.45) is 11.1. The Morgan fingerprint density at radius 2 is 1.89 bits per heavy atom. The average Bonchev–Trinajstić information content (AvgIpc) is 3.42. The molecule has 0 amide bonds. The molecular formula is C23H21N3S. The molecule has 6 rings (SSSR count). The first-order valence-electron chi connectivity index (χ1n) is 9.83. The molecule has 0 radical (unpaired) electrons. The maximum absolute atomic E-state index is 4.54. The van der Waals surface area contributed by atoms with Gasteiger partial charge < -0.3 is 4.57 Å². The zero-order valence-electron chi connectivity index (χ0n) is 15.1. The van der Waals surface area contributed by atoms with Gasteiger partial charge in [0, 0.05) is 22.0 Å². The van der Waals surface area contributed by atoms with Crippen molar-refractivity contribution in [2.75, 3.05) is 0 Å². The Morgan fingerprint density at radius 3 is 2.81 bits per heavy atom. The summed E-state index contributed by atoms with van der Waals surface area (Å²) < 4.78 is 2.42. The van der Waals surface area contributed by atoms with Crippen LogP contribution in [0.5, 0.6) is 0 Å². The molecule has 0 unspecified atom stereocenters. The Hall–Kier alpha value is -2.46. The summed E-state index contributed by atoms with van der Waals surface area (Å²) in [6.45, 7) is 0. The van der Waals surface area contributed by atoms with Crippen molar-refractivity contribution in [2.24, 2.45) is 5.92 Å². The molecule has 1 saturated carbocycles. The summed E-state index contributed by atoms with van der Waals surface area (Å²) in [4.78, 5) is 10.5. The molecule has 1 aliphatic carbocycles. The van der Waals surface area contributed by atoms with Crippen LogP contribution in [-0.4, -0.2) is 14.5 Å². The first kappa shape index (κ1) is 15.6. The van der Waals surface area contributed by atoms with Crippen LogP contribution >= 0.6 is 11.3 Å². The van der Waals surface area contributed by atoms with Crippen molar-refractivity contribution in [3.05, 3.63) is 70.9 Å². The Balaban J connectivity index is 1.28. The van der Waals surface area contributed by atoms with E-state index in [0.717, 1.165) is 5.52 Å². The van der Waals surface area contributed by atoms with Crippen LogP contribution in [0.25, 0.3) is 22.2 Å². The summed E-state index contributed by atoms with van der Waals surface area (Å²) >= 11 is 1.92. The van der Waals surface area contributed by atoms with E-state index in [1.807, 2.05) is 30.1 Å². The van der Waals surface area contributed by atoms with Crippen LogP contribution in [0.15, 0.2) is 60.5 Å². The molecule has 27 heavy (non-hydrogen) atoms. The summed E-state index contributed by atoms with van der Waals surface area (Å²) in [7, 11) is 0. The standard InChI is InChI=1S/C23H21N3S/c1-2-4-20-18(3-1)17(9-11-25-20)15-5-7-16(8-6-15)22-23-19(10-12-27-23)21-13-24-14-26(21)22/h1-4,9-16,22H,5-8H2/t15?,16?,22-/m0/s1. The fourth-order valence-corrected chi connectivity index (χ4v) is 6.38. The second-order valence-corrected chi connectivity index (χ2v) is 8.81. The number of hydrogen-bond donors (Lipinski definition) is 0. The minimum absolute atomic E-state index is 0.493. The summed E-state index contributed by atoms with van der Waals surface area (Å²) in [6, 6.07) is 13.6. The Bertz CT molecular complexity index is 1070. The van der Waals surface area contributed by atoms with E-state index in [9.17, 15) is 0 Å². The van der Waals surface area contributed by atoms with Crippen LogP contribution in [0.4, 0.5) is 0 Å². The molecule has 1 fully saturated rings. The van der Waals surface area contributed by atoms with Crippen molar-refractivity contribution in [2.45, 2.75) is 37.6 Å². The van der Waals surface area contributed by atoms with Crippen LogP contribution in [0, 0.1) is 5.92 Å². The number of hydrogen-bond acceptors (Lipinski definition) is 3. The third-order valence-corrected chi connectivity index (χ3v) is 7.53. The molecule has 4 heteroatoms. The summed E-state index contributed by atoms with van der Waals surface area (Å²) in [5.74, 6) is 1.36. The third-order valence-electron chi connectivity index (χ3n) is 6.55. The molecule has 4 heterocycles. The minimum atomic E-state index is 0.493. The number of benzene rings is 1. The fraction of sp³-hybridized carbons (Fsp3) is 0.304. The quantitative estimate of drug-likeness (QED) is 0.430. The maximum atomic E-state index is 4.54. The molecule has 3 nitrogen and oxygen atoms in total. The molecule has 1 aromatic carbocycles. The van der Waals surface area contributed by atoms with Gasteiger partial charge in [0.2, 0.25) is 0 Å². The second-order valence-electron chi connectivity index (χ2n) is 7.86. The second kappa shape index (κ2) is 6.03. The van der Waals surface area contributed by atoms with Crippen molar-refractivity contribution < 1.29 is 0 Å². The molecule has 3 aromatic heterocycles. The van der Waals surface area contributed by atoms with E-state index in [0.29, 0.717) is 17.9 Å². The highest BCUT2D eigenvalue weighted by atomic mass is 32.1. The van der Waals surface area contributed by atoms with E-state index in [2.05, 4.69) is 56.3 Å². The van der Waals surface area contributed by atoms with Gasteiger partial charge in [-0.1, -0.05) is 18.2 Å². The minimum Gasteiger partial charge on any atom is -0.322 e. The van der Waals surface area contributed by atoms with Gasteiger partial charge in [0.05, 0.1) is 29.8 Å². The highest BCUT2D eigenvalue weighted by Crippen LogP contribution is 2.51. The predicted molar refractivity (Wildman–Crippen MR) is 110 cm³/mol. The molecule has 134 valence electrons. The molecule has 0 saturated heterocycles. The van der Waals surface area contributed by atoms with E-state index < -0.39 is 0 Å². The number of nitrogens with zero attached hydrogens (tertiary/aromatic N) is 3. The van der Waals surface area contributed by atoms with Gasteiger partial charge in [0.15, 0.2) is 0 Å². The van der Waals surface area contributed by atoms with Crippen molar-refractivity contribution in [1.29, 1.82) is 0 Å². The maximum Gasteiger partial charge on any atom is 0.0957 e. The monoisotopic (exact) mass is 371 g/mol. The lowest BCUT2D eigenvalue weighted by Crippen LogP contribution is -2.22. The topological polar surface area (TPSA) is 30.7 Å². The molecule has 4 aromatic rings. The summed E-state index contributed by atoms with van der Waals surface area (Å²) in [5.41, 5.74) is 5.33. The number of para-hydroxylation sites is 1. The molecule has 0 bridgehead atoms. The van der Waals surface area contributed by atoms with E-state index in [-0.39, 0.29) is 0 Å². The predicted octanol–water partition coefficient (Wildman–Crippen LogP) is 6.04. The zero-order valence-corrected chi connectivity index (χ0v) is 15.9. The van der Waals surface area contributed by atoms with Crippen LogP contribution < -0.4 is 0 Å². The fourth-order valence-electron chi connectivity index (χ4n) is 5.28. The van der Waals surface area contributed by atoms with Gasteiger partial charge in [-0.05, 0) is 66.7 Å². The van der Waals surface area contributed by atoms with E-state index in [4.69, 9.17) is 0 Å². The number of rotatable bonds is 2. The highest BCUT2D eigenvalue weighted by molar-refractivity contribution is 7.10. The molecule has 1 aliphatic heterocycles. The highest BCUT2D eigenvalue weighted by Gasteiger charge is 2.37. The Kier molecular flexibility index (Phi) is 3.48. The van der Waals surface area contributed by atoms with Crippen LogP contribution in [-0.2, 0) is 0 Å². The molecule has 0 N–H and O–H groups in total. The first-order valence-corrected chi connectivity index (χ1v) is 10.7. The van der Waals surface area contributed by atoms with Crippen molar-refractivity contribution >= 4 is 22.2 Å². The van der Waals surface area contributed by atoms with Crippen molar-refractivity contribution in [3.8, 4) is 11.3 Å². The Morgan fingerprint density at radius 1 is 1.00 bits per heavy atom. The Labute approximate surface area is 162 Å². The zero-order chi connectivity index (χ0) is 17.8. The molecule has 2 aliphatic rings. The number of pyridine rings is 1. The van der Waals surface area contributed by atoms with Gasteiger partial charge in [-0.25, -0.2) is 4.98 Å². The number of imidazole rings is 1. The van der Waals surface area contributed by atoms with E-state index in [1.54, 1.807) is 4.88 Å². The van der Waals surface area contributed by atoms with Crippen LogP contribution in [0.2, 0.25) is 0 Å². The number of fused-ring (bicyclic) bond motifs is 4. The van der Waals surface area contributed by atoms with Crippen molar-refractivity contribution in [1.82, 2.24) is 14.5 Å². The van der Waals surface area contributed by atoms with Gasteiger partial charge in [0.25, 0.3) is 0 Å². The van der Waals surface area contributed by atoms with Crippen molar-refractivity contribution in [3.63, 3.8) is 0 Å². The lowest BCUT2D eigenvalue weighted by Gasteiger charge is -2.33. The van der Waals surface area contributed by atoms with Gasteiger partial charge in [-0.3, -0.25) is 4.98 Å². The largest absolute Gasteiger partial charge is 0.322 e. The van der Waals surface area contributed by atoms with Gasteiger partial charge in [-0.15, -0.1) is 11.3 Å². The molecule has 0 spiro atoms. The molecular weight excluding hydrogens is 350 g/mol. The number of aromatic nitrogens is 3. The lowest BCUT2D eigenvalue weighted by atomic mass is 9.75. The van der Waals surface area contributed by atoms with Gasteiger partial charge >= 0.3 is 0 Å². The SMILES string of the molecule is c1ccc2c(C3CCC([C@H]4c5sccc5-c5cncn54)CC3)ccnc2c1. The van der Waals surface area contributed by atoms with Crippen LogP contribution in [0.1, 0.15) is 48.1 Å². The van der Waals surface area contributed by atoms with E-state index >= 15 is 0 Å². The number of thiophene rings is 1. The van der Waals surface area contributed by atoms with E-state index in [1.165, 1.54) is 47.9 Å².